The van der Waals surface area contributed by atoms with Crippen LogP contribution >= 0.6 is 0 Å². The number of rotatable bonds is 11. The number of alkyl carbamates (subject to hydrolysis) is 2. The lowest BCUT2D eigenvalue weighted by atomic mass is 9.92. The fourth-order valence-corrected chi connectivity index (χ4v) is 9.30. The third kappa shape index (κ3) is 7.74. The molecule has 3 aliphatic heterocycles. The van der Waals surface area contributed by atoms with Gasteiger partial charge in [-0.25, -0.2) is 19.6 Å². The third-order valence-electron chi connectivity index (χ3n) is 13.2. The van der Waals surface area contributed by atoms with E-state index in [2.05, 4.69) is 57.0 Å². The summed E-state index contributed by atoms with van der Waals surface area (Å²) in [4.78, 5) is 73.0. The number of ether oxygens (including phenoxy) is 3. The average Bonchev–Trinajstić information content (AvgIpc) is 4.12. The van der Waals surface area contributed by atoms with Crippen LogP contribution in [0.4, 0.5) is 9.59 Å². The van der Waals surface area contributed by atoms with Crippen molar-refractivity contribution >= 4 is 45.8 Å². The van der Waals surface area contributed by atoms with E-state index in [-0.39, 0.29) is 41.8 Å². The van der Waals surface area contributed by atoms with Crippen LogP contribution < -0.4 is 15.4 Å². The summed E-state index contributed by atoms with van der Waals surface area (Å²) >= 11 is 0. The topological polar surface area (TPSA) is 184 Å². The first kappa shape index (κ1) is 41.6. The van der Waals surface area contributed by atoms with Crippen molar-refractivity contribution < 1.29 is 33.4 Å². The molecule has 3 aliphatic rings. The van der Waals surface area contributed by atoms with Gasteiger partial charge in [-0.1, -0.05) is 58.7 Å². The van der Waals surface area contributed by atoms with Gasteiger partial charge in [-0.3, -0.25) is 9.59 Å². The number of nitrogens with one attached hydrogen (secondary N) is 4. The second kappa shape index (κ2) is 17.1. The Labute approximate surface area is 355 Å². The van der Waals surface area contributed by atoms with Crippen molar-refractivity contribution in [1.82, 2.24) is 40.4 Å². The number of benzene rings is 3. The molecule has 2 fully saturated rings. The average molecular weight is 833 g/mol. The molecule has 2 saturated heterocycles. The number of nitrogens with zero attached hydrogens (tertiary/aromatic N) is 4. The van der Waals surface area contributed by atoms with Crippen LogP contribution in [0.2, 0.25) is 0 Å². The fraction of sp³-hybridized carbons (Fsp3) is 0.478. The quantitative estimate of drug-likeness (QED) is 0.103. The van der Waals surface area contributed by atoms with E-state index >= 15 is 0 Å². The SMILES string of the molecule is CC[C@H](C)C(NC(=O)OC)C(=O)N1CCC[C@H]1c1ncc(-c2ccc3c(c2)COc2cc4c(ccc5[nH]c([C@@H]6CC[C@H](C)N6C(=O)C(NC(=O)OC)[C@@H](C)CC)nc54)cc2-3)[nH]1. The summed E-state index contributed by atoms with van der Waals surface area (Å²) in [5.41, 5.74) is 6.61. The standard InChI is InChI=1S/C46H56N8O7/c1-8-24(3)38(51-45(57)59-6)43(55)53-18-10-11-35(53)41-47-22-34(49-41)28-13-15-30-29(19-28)23-61-37-21-31-27(20-32(30)37)14-16-33-40(31)50-42(48-33)36-17-12-26(5)54(36)44(56)39(25(4)9-2)52-46(58)60-7/h13-16,19-22,24-26,35-36,38-39H,8-12,17-18,23H2,1-7H3,(H,47,49)(H,48,50)(H,51,57)(H,52,58)/t24-,25-,26-,35-,36-,38?,39?/m0/s1. The molecule has 15 nitrogen and oxygen atoms in total. The molecule has 4 N–H and O–H groups in total. The second-order valence-electron chi connectivity index (χ2n) is 16.9. The van der Waals surface area contributed by atoms with Gasteiger partial charge in [-0.05, 0) is 90.8 Å². The van der Waals surface area contributed by atoms with E-state index in [1.165, 1.54) is 14.2 Å². The number of likely N-dealkylation sites (tertiary alicyclic amines) is 2. The number of imidazole rings is 2. The number of aromatic amines is 2. The van der Waals surface area contributed by atoms with Crippen molar-refractivity contribution in [3.05, 3.63) is 65.9 Å². The Hall–Kier alpha value is -6.12. The molecule has 0 aliphatic carbocycles. The fourth-order valence-electron chi connectivity index (χ4n) is 9.30. The molecule has 15 heteroatoms. The van der Waals surface area contributed by atoms with Gasteiger partial charge in [0, 0.05) is 23.5 Å². The predicted molar refractivity (Wildman–Crippen MR) is 230 cm³/mol. The summed E-state index contributed by atoms with van der Waals surface area (Å²) in [6.07, 6.45) is 5.20. The third-order valence-corrected chi connectivity index (χ3v) is 13.2. The smallest absolute Gasteiger partial charge is 0.407 e. The number of methoxy groups -OCH3 is 2. The summed E-state index contributed by atoms with van der Waals surface area (Å²) in [6.45, 7) is 10.9. The maximum absolute atomic E-state index is 14.1. The maximum Gasteiger partial charge on any atom is 0.407 e. The van der Waals surface area contributed by atoms with Crippen LogP contribution in [0.15, 0.2) is 48.7 Å². The lowest BCUT2D eigenvalue weighted by molar-refractivity contribution is -0.137. The van der Waals surface area contributed by atoms with Gasteiger partial charge in [0.1, 0.15) is 36.1 Å². The van der Waals surface area contributed by atoms with Crippen LogP contribution in [0.25, 0.3) is 44.2 Å². The number of carbonyl (C=O) groups excluding carboxylic acids is 4. The first-order valence-corrected chi connectivity index (χ1v) is 21.5. The zero-order chi connectivity index (χ0) is 43.1. The largest absolute Gasteiger partial charge is 0.488 e. The van der Waals surface area contributed by atoms with Crippen molar-refractivity contribution in [1.29, 1.82) is 0 Å². The van der Waals surface area contributed by atoms with Crippen molar-refractivity contribution in [3.63, 3.8) is 0 Å². The number of amides is 4. The molecule has 0 saturated carbocycles. The number of hydrogen-bond donors (Lipinski definition) is 4. The van der Waals surface area contributed by atoms with Crippen molar-refractivity contribution in [2.24, 2.45) is 11.8 Å². The van der Waals surface area contributed by atoms with Crippen LogP contribution in [-0.4, -0.2) is 92.6 Å². The number of aromatic nitrogens is 4. The maximum atomic E-state index is 14.1. The van der Waals surface area contributed by atoms with E-state index in [9.17, 15) is 19.2 Å². The lowest BCUT2D eigenvalue weighted by Gasteiger charge is -2.33. The highest BCUT2D eigenvalue weighted by Gasteiger charge is 2.42. The Kier molecular flexibility index (Phi) is 11.7. The zero-order valence-electron chi connectivity index (χ0n) is 36.0. The van der Waals surface area contributed by atoms with Crippen LogP contribution in [0.5, 0.6) is 5.75 Å². The van der Waals surface area contributed by atoms with Gasteiger partial charge in [0.25, 0.3) is 0 Å². The number of fused-ring (bicyclic) bond motifs is 6. The minimum absolute atomic E-state index is 0.0243. The molecule has 5 heterocycles. The monoisotopic (exact) mass is 832 g/mol. The summed E-state index contributed by atoms with van der Waals surface area (Å²) in [6, 6.07) is 12.7. The van der Waals surface area contributed by atoms with Gasteiger partial charge >= 0.3 is 12.2 Å². The van der Waals surface area contributed by atoms with E-state index < -0.39 is 24.3 Å². The highest BCUT2D eigenvalue weighted by atomic mass is 16.5. The first-order chi connectivity index (χ1) is 29.4. The van der Waals surface area contributed by atoms with Crippen LogP contribution in [0.3, 0.4) is 0 Å². The molecule has 3 aromatic carbocycles. The summed E-state index contributed by atoms with van der Waals surface area (Å²) < 4.78 is 16.1. The Morgan fingerprint density at radius 1 is 0.852 bits per heavy atom. The van der Waals surface area contributed by atoms with E-state index in [4.69, 9.17) is 24.2 Å². The molecular weight excluding hydrogens is 777 g/mol. The Balaban J connectivity index is 1.04. The number of H-pyrrole nitrogens is 2. The molecule has 61 heavy (non-hydrogen) atoms. The summed E-state index contributed by atoms with van der Waals surface area (Å²) in [7, 11) is 2.60. The normalized spacial score (nSPS) is 20.3. The minimum atomic E-state index is -0.711. The zero-order valence-corrected chi connectivity index (χ0v) is 36.0. The van der Waals surface area contributed by atoms with E-state index in [1.54, 1.807) is 0 Å². The molecule has 8 rings (SSSR count). The van der Waals surface area contributed by atoms with Crippen molar-refractivity contribution in [3.8, 4) is 28.1 Å². The highest BCUT2D eigenvalue weighted by Crippen LogP contribution is 2.44. The second-order valence-corrected chi connectivity index (χ2v) is 16.9. The number of hydrogen-bond acceptors (Lipinski definition) is 9. The van der Waals surface area contributed by atoms with Crippen LogP contribution in [0.1, 0.15) is 102 Å². The van der Waals surface area contributed by atoms with Gasteiger partial charge in [0.15, 0.2) is 0 Å². The first-order valence-electron chi connectivity index (χ1n) is 21.5. The summed E-state index contributed by atoms with van der Waals surface area (Å²) in [5, 5.41) is 7.51. The predicted octanol–water partition coefficient (Wildman–Crippen LogP) is 7.92. The van der Waals surface area contributed by atoms with Crippen molar-refractivity contribution in [2.75, 3.05) is 20.8 Å². The van der Waals surface area contributed by atoms with E-state index in [0.717, 1.165) is 99.9 Å². The van der Waals surface area contributed by atoms with Crippen molar-refractivity contribution in [2.45, 2.75) is 110 Å². The van der Waals surface area contributed by atoms with Gasteiger partial charge in [0.2, 0.25) is 11.8 Å². The summed E-state index contributed by atoms with van der Waals surface area (Å²) in [5.74, 6) is 1.79. The van der Waals surface area contributed by atoms with Gasteiger partial charge in [0.05, 0.1) is 49.2 Å². The Morgan fingerprint density at radius 2 is 1.57 bits per heavy atom. The molecule has 4 amide bonds. The molecule has 5 aromatic rings. The van der Waals surface area contributed by atoms with E-state index in [1.807, 2.05) is 56.7 Å². The molecule has 2 unspecified atom stereocenters. The van der Waals surface area contributed by atoms with Gasteiger partial charge in [-0.15, -0.1) is 0 Å². The van der Waals surface area contributed by atoms with Gasteiger partial charge in [-0.2, -0.15) is 0 Å². The Bertz CT molecular complexity index is 2480. The molecule has 2 aromatic heterocycles. The number of carbonyl (C=O) groups is 4. The molecule has 0 radical (unpaired) electrons. The minimum Gasteiger partial charge on any atom is -0.488 e. The Morgan fingerprint density at radius 3 is 2.28 bits per heavy atom. The molecular formula is C46H56N8O7. The lowest BCUT2D eigenvalue weighted by Crippen LogP contribution is -2.53. The van der Waals surface area contributed by atoms with Crippen LogP contribution in [-0.2, 0) is 25.7 Å². The molecule has 322 valence electrons. The molecule has 7 atom stereocenters. The molecule has 0 spiro atoms. The van der Waals surface area contributed by atoms with Gasteiger partial charge < -0.3 is 44.6 Å². The molecule has 0 bridgehead atoms. The highest BCUT2D eigenvalue weighted by molar-refractivity contribution is 6.07. The van der Waals surface area contributed by atoms with E-state index in [0.29, 0.717) is 19.0 Å². The van der Waals surface area contributed by atoms with Crippen LogP contribution in [0, 0.1) is 11.8 Å².